The van der Waals surface area contributed by atoms with E-state index in [0.717, 1.165) is 25.7 Å². The van der Waals surface area contributed by atoms with Crippen LogP contribution in [0.15, 0.2) is 0 Å². The van der Waals surface area contributed by atoms with Crippen LogP contribution in [0.5, 0.6) is 0 Å². The van der Waals surface area contributed by atoms with E-state index >= 15 is 0 Å². The Morgan fingerprint density at radius 3 is 1.54 bits per heavy atom. The molecule has 2 heteroatoms. The van der Waals surface area contributed by atoms with Gasteiger partial charge < -0.3 is 5.11 Å². The van der Waals surface area contributed by atoms with Crippen LogP contribution in [0.25, 0.3) is 0 Å². The van der Waals surface area contributed by atoms with Gasteiger partial charge in [-0.15, -0.1) is 0 Å². The highest BCUT2D eigenvalue weighted by atomic mass is 16.4. The van der Waals surface area contributed by atoms with E-state index in [1.807, 2.05) is 0 Å². The number of rotatable bonds is 17. The lowest BCUT2D eigenvalue weighted by atomic mass is 9.94. The van der Waals surface area contributed by atoms with Crippen molar-refractivity contribution in [1.82, 2.24) is 0 Å². The average Bonchev–Trinajstić information content (AvgIpc) is 3.30. The first-order valence-corrected chi connectivity index (χ1v) is 10.9. The lowest BCUT2D eigenvalue weighted by Gasteiger charge is -2.11. The Labute approximate surface area is 150 Å². The molecule has 2 unspecified atom stereocenters. The number of hydrogen-bond donors (Lipinski definition) is 1. The molecule has 0 aromatic rings. The zero-order valence-electron chi connectivity index (χ0n) is 16.5. The molecule has 0 aromatic heterocycles. The first kappa shape index (κ1) is 21.5. The zero-order chi connectivity index (χ0) is 17.7. The Balaban J connectivity index is 1.82. The summed E-state index contributed by atoms with van der Waals surface area (Å²) in [5, 5.41) is 9.41. The van der Waals surface area contributed by atoms with Crippen LogP contribution in [-0.4, -0.2) is 11.1 Å². The minimum Gasteiger partial charge on any atom is -0.481 e. The van der Waals surface area contributed by atoms with E-state index in [1.54, 1.807) is 0 Å². The second kappa shape index (κ2) is 12.8. The SMILES string of the molecule is CCCCCCCCCCCCCCCCC1(C(=O)O)CC1CC. The fourth-order valence-electron chi connectivity index (χ4n) is 4.23. The van der Waals surface area contributed by atoms with Crippen LogP contribution < -0.4 is 0 Å². The third-order valence-electron chi connectivity index (χ3n) is 6.13. The number of aliphatic carboxylic acids is 1. The van der Waals surface area contributed by atoms with Gasteiger partial charge in [0.2, 0.25) is 0 Å². The predicted octanol–water partition coefficient (Wildman–Crippen LogP) is 7.36. The average molecular weight is 339 g/mol. The summed E-state index contributed by atoms with van der Waals surface area (Å²) >= 11 is 0. The highest BCUT2D eigenvalue weighted by Crippen LogP contribution is 2.58. The number of unbranched alkanes of at least 4 members (excludes halogenated alkanes) is 13. The maximum Gasteiger partial charge on any atom is 0.309 e. The Hall–Kier alpha value is -0.530. The second-order valence-electron chi connectivity index (χ2n) is 8.12. The summed E-state index contributed by atoms with van der Waals surface area (Å²) in [6.07, 6.45) is 21.9. The highest BCUT2D eigenvalue weighted by molar-refractivity contribution is 5.78. The Morgan fingerprint density at radius 2 is 1.21 bits per heavy atom. The molecule has 24 heavy (non-hydrogen) atoms. The Bertz CT molecular complexity index is 326. The fourth-order valence-corrected chi connectivity index (χ4v) is 4.23. The van der Waals surface area contributed by atoms with E-state index in [-0.39, 0.29) is 5.41 Å². The van der Waals surface area contributed by atoms with Gasteiger partial charge in [0.25, 0.3) is 0 Å². The lowest BCUT2D eigenvalue weighted by molar-refractivity contribution is -0.144. The topological polar surface area (TPSA) is 37.3 Å². The molecular weight excluding hydrogens is 296 g/mol. The van der Waals surface area contributed by atoms with Crippen molar-refractivity contribution in [3.05, 3.63) is 0 Å². The molecule has 1 fully saturated rings. The molecule has 0 bridgehead atoms. The molecule has 0 amide bonds. The molecule has 0 radical (unpaired) electrons. The summed E-state index contributed by atoms with van der Waals surface area (Å²) in [5.41, 5.74) is -0.328. The minimum atomic E-state index is -0.538. The minimum absolute atomic E-state index is 0.328. The monoisotopic (exact) mass is 338 g/mol. The van der Waals surface area contributed by atoms with E-state index in [0.29, 0.717) is 5.92 Å². The van der Waals surface area contributed by atoms with Gasteiger partial charge in [-0.1, -0.05) is 110 Å². The second-order valence-corrected chi connectivity index (χ2v) is 8.12. The lowest BCUT2D eigenvalue weighted by Crippen LogP contribution is -2.17. The quantitative estimate of drug-likeness (QED) is 0.281. The smallest absolute Gasteiger partial charge is 0.309 e. The van der Waals surface area contributed by atoms with Gasteiger partial charge in [-0.25, -0.2) is 0 Å². The molecular formula is C22H42O2. The van der Waals surface area contributed by atoms with Crippen molar-refractivity contribution in [2.75, 3.05) is 0 Å². The fraction of sp³-hybridized carbons (Fsp3) is 0.955. The molecule has 0 aromatic carbocycles. The van der Waals surface area contributed by atoms with Crippen molar-refractivity contribution in [3.63, 3.8) is 0 Å². The molecule has 142 valence electrons. The van der Waals surface area contributed by atoms with Gasteiger partial charge in [0.05, 0.1) is 5.41 Å². The van der Waals surface area contributed by atoms with Crippen LogP contribution in [-0.2, 0) is 4.79 Å². The normalized spacial score (nSPS) is 22.7. The Morgan fingerprint density at radius 1 is 0.792 bits per heavy atom. The third kappa shape index (κ3) is 8.03. The zero-order valence-corrected chi connectivity index (χ0v) is 16.5. The van der Waals surface area contributed by atoms with Crippen LogP contribution in [0.4, 0.5) is 0 Å². The number of carboxylic acid groups (broad SMARTS) is 1. The van der Waals surface area contributed by atoms with Crippen molar-refractivity contribution >= 4 is 5.97 Å². The van der Waals surface area contributed by atoms with Gasteiger partial charge in [0.15, 0.2) is 0 Å². The van der Waals surface area contributed by atoms with Crippen LogP contribution >= 0.6 is 0 Å². The molecule has 0 saturated heterocycles. The van der Waals surface area contributed by atoms with Gasteiger partial charge in [0.1, 0.15) is 0 Å². The van der Waals surface area contributed by atoms with E-state index in [2.05, 4.69) is 13.8 Å². The summed E-state index contributed by atoms with van der Waals surface area (Å²) in [5.74, 6) is -0.0824. The van der Waals surface area contributed by atoms with Crippen LogP contribution in [0, 0.1) is 11.3 Å². The molecule has 2 atom stereocenters. The molecule has 0 aliphatic heterocycles. The summed E-state index contributed by atoms with van der Waals surface area (Å²) in [7, 11) is 0. The standard InChI is InChI=1S/C22H42O2/c1-3-5-6-7-8-9-10-11-12-13-14-15-16-17-18-22(21(23)24)19-20(22)4-2/h20H,3-19H2,1-2H3,(H,23,24). The Kier molecular flexibility index (Phi) is 11.5. The first-order valence-electron chi connectivity index (χ1n) is 10.9. The maximum absolute atomic E-state index is 11.4. The van der Waals surface area contributed by atoms with Crippen molar-refractivity contribution in [1.29, 1.82) is 0 Å². The molecule has 1 rings (SSSR count). The molecule has 0 heterocycles. The predicted molar refractivity (Wildman–Crippen MR) is 103 cm³/mol. The summed E-state index contributed by atoms with van der Waals surface area (Å²) in [4.78, 5) is 11.4. The summed E-state index contributed by atoms with van der Waals surface area (Å²) in [6.45, 7) is 4.40. The largest absolute Gasteiger partial charge is 0.481 e. The first-order chi connectivity index (χ1) is 11.7. The number of hydrogen-bond acceptors (Lipinski definition) is 1. The van der Waals surface area contributed by atoms with E-state index in [9.17, 15) is 9.90 Å². The maximum atomic E-state index is 11.4. The van der Waals surface area contributed by atoms with Gasteiger partial charge >= 0.3 is 5.97 Å². The molecule has 1 saturated carbocycles. The molecule has 0 spiro atoms. The molecule has 1 aliphatic rings. The number of carboxylic acids is 1. The molecule has 2 nitrogen and oxygen atoms in total. The van der Waals surface area contributed by atoms with Gasteiger partial charge in [-0.3, -0.25) is 4.79 Å². The van der Waals surface area contributed by atoms with Crippen molar-refractivity contribution < 1.29 is 9.90 Å². The van der Waals surface area contributed by atoms with Crippen molar-refractivity contribution in [2.45, 2.75) is 123 Å². The van der Waals surface area contributed by atoms with Crippen molar-refractivity contribution in [3.8, 4) is 0 Å². The number of carbonyl (C=O) groups is 1. The summed E-state index contributed by atoms with van der Waals surface area (Å²) in [6, 6.07) is 0. The van der Waals surface area contributed by atoms with Crippen LogP contribution in [0.1, 0.15) is 123 Å². The van der Waals surface area contributed by atoms with Gasteiger partial charge in [0, 0.05) is 0 Å². The van der Waals surface area contributed by atoms with Crippen LogP contribution in [0.3, 0.4) is 0 Å². The molecule has 1 N–H and O–H groups in total. The van der Waals surface area contributed by atoms with Crippen molar-refractivity contribution in [2.24, 2.45) is 11.3 Å². The van der Waals surface area contributed by atoms with Gasteiger partial charge in [-0.2, -0.15) is 0 Å². The highest BCUT2D eigenvalue weighted by Gasteiger charge is 2.58. The van der Waals surface area contributed by atoms with Crippen LogP contribution in [0.2, 0.25) is 0 Å². The summed E-state index contributed by atoms with van der Waals surface area (Å²) < 4.78 is 0. The third-order valence-corrected chi connectivity index (χ3v) is 6.13. The van der Waals surface area contributed by atoms with E-state index in [4.69, 9.17) is 0 Å². The molecule has 1 aliphatic carbocycles. The van der Waals surface area contributed by atoms with E-state index < -0.39 is 5.97 Å². The van der Waals surface area contributed by atoms with E-state index in [1.165, 1.54) is 83.5 Å². The van der Waals surface area contributed by atoms with Gasteiger partial charge in [-0.05, 0) is 18.8 Å².